The number of fused-ring (bicyclic) bond motifs is 11. The zero-order valence-electron chi connectivity index (χ0n) is 32.7. The number of furan rings is 1. The Bertz CT molecular complexity index is 3860. The van der Waals surface area contributed by atoms with Gasteiger partial charge in [0.05, 0.1) is 32.6 Å². The van der Waals surface area contributed by atoms with Gasteiger partial charge in [-0.1, -0.05) is 164 Å². The minimum absolute atomic E-state index is 0.679. The highest BCUT2D eigenvalue weighted by Crippen LogP contribution is 2.46. The summed E-state index contributed by atoms with van der Waals surface area (Å²) in [4.78, 5) is 10.7. The third kappa shape index (κ3) is 5.18. The molecule has 0 aliphatic rings. The molecule has 9 aromatic carbocycles. The second-order valence-electron chi connectivity index (χ2n) is 15.6. The molecular weight excluding hydrogens is 763 g/mol. The maximum absolute atomic E-state index is 7.05. The van der Waals surface area contributed by atoms with Gasteiger partial charge < -0.3 is 8.98 Å². The molecule has 0 aliphatic carbocycles. The van der Waals surface area contributed by atoms with Crippen molar-refractivity contribution >= 4 is 86.2 Å². The Hall–Kier alpha value is -7.86. The van der Waals surface area contributed by atoms with Crippen LogP contribution >= 0.6 is 11.3 Å². The summed E-state index contributed by atoms with van der Waals surface area (Å²) in [6.45, 7) is 0. The number of hydrogen-bond acceptors (Lipinski definition) is 4. The Morgan fingerprint density at radius 1 is 0.426 bits per heavy atom. The third-order valence-electron chi connectivity index (χ3n) is 12.2. The summed E-state index contributed by atoms with van der Waals surface area (Å²) in [6.07, 6.45) is 0. The monoisotopic (exact) mass is 795 g/mol. The van der Waals surface area contributed by atoms with E-state index in [1.165, 1.54) is 48.5 Å². The topological polar surface area (TPSA) is 43.9 Å². The van der Waals surface area contributed by atoms with Gasteiger partial charge in [-0.3, -0.25) is 0 Å². The van der Waals surface area contributed by atoms with Crippen LogP contribution in [-0.2, 0) is 0 Å². The number of rotatable bonds is 5. The Morgan fingerprint density at radius 3 is 1.90 bits per heavy atom. The van der Waals surface area contributed by atoms with Gasteiger partial charge in [0.2, 0.25) is 0 Å². The number of para-hydroxylation sites is 1. The summed E-state index contributed by atoms with van der Waals surface area (Å²) < 4.78 is 11.7. The van der Waals surface area contributed by atoms with E-state index in [9.17, 15) is 0 Å². The van der Waals surface area contributed by atoms with E-state index in [4.69, 9.17) is 14.4 Å². The molecule has 4 heterocycles. The molecule has 13 aromatic rings. The van der Waals surface area contributed by atoms with Crippen LogP contribution in [0, 0.1) is 0 Å². The summed E-state index contributed by atoms with van der Waals surface area (Å²) >= 11 is 1.75. The Kier molecular flexibility index (Phi) is 7.44. The van der Waals surface area contributed by atoms with Crippen LogP contribution in [-0.4, -0.2) is 14.5 Å². The van der Waals surface area contributed by atoms with E-state index < -0.39 is 0 Å². The maximum Gasteiger partial charge on any atom is 0.161 e. The quantitative estimate of drug-likeness (QED) is 0.174. The van der Waals surface area contributed by atoms with E-state index in [0.29, 0.717) is 5.82 Å². The molecule has 0 spiro atoms. The van der Waals surface area contributed by atoms with Gasteiger partial charge in [-0.25, -0.2) is 9.97 Å². The molecule has 284 valence electrons. The first kappa shape index (κ1) is 34.0. The minimum Gasteiger partial charge on any atom is -0.454 e. The molecule has 0 fully saturated rings. The molecule has 4 aromatic heterocycles. The number of thiophene rings is 1. The van der Waals surface area contributed by atoms with Crippen molar-refractivity contribution in [2.24, 2.45) is 0 Å². The first-order valence-electron chi connectivity index (χ1n) is 20.6. The molecule has 0 saturated carbocycles. The van der Waals surface area contributed by atoms with Crippen molar-refractivity contribution in [2.45, 2.75) is 0 Å². The first-order chi connectivity index (χ1) is 30.3. The molecule has 0 atom stereocenters. The van der Waals surface area contributed by atoms with Gasteiger partial charge in [0.25, 0.3) is 0 Å². The normalized spacial score (nSPS) is 11.9. The number of aromatic nitrogens is 3. The molecule has 4 nitrogen and oxygen atoms in total. The van der Waals surface area contributed by atoms with Crippen LogP contribution in [0.4, 0.5) is 0 Å². The van der Waals surface area contributed by atoms with E-state index in [1.54, 1.807) is 11.3 Å². The van der Waals surface area contributed by atoms with Crippen molar-refractivity contribution in [3.05, 3.63) is 200 Å². The van der Waals surface area contributed by atoms with Gasteiger partial charge in [-0.15, -0.1) is 11.3 Å². The van der Waals surface area contributed by atoms with Gasteiger partial charge in [-0.05, 0) is 69.4 Å². The van der Waals surface area contributed by atoms with Crippen LogP contribution in [0.3, 0.4) is 0 Å². The van der Waals surface area contributed by atoms with Crippen molar-refractivity contribution < 1.29 is 4.42 Å². The highest BCUT2D eigenvalue weighted by Gasteiger charge is 2.24. The summed E-state index contributed by atoms with van der Waals surface area (Å²) in [5.41, 5.74) is 13.5. The molecule has 61 heavy (non-hydrogen) atoms. The van der Waals surface area contributed by atoms with Crippen molar-refractivity contribution in [1.82, 2.24) is 14.5 Å². The Balaban J connectivity index is 1.11. The maximum atomic E-state index is 7.05. The van der Waals surface area contributed by atoms with Crippen LogP contribution in [0.15, 0.2) is 205 Å². The average molecular weight is 796 g/mol. The smallest absolute Gasteiger partial charge is 0.161 e. The van der Waals surface area contributed by atoms with Gasteiger partial charge >= 0.3 is 0 Å². The largest absolute Gasteiger partial charge is 0.454 e. The van der Waals surface area contributed by atoms with Crippen LogP contribution in [0.5, 0.6) is 0 Å². The van der Waals surface area contributed by atoms with Crippen molar-refractivity contribution in [3.8, 4) is 50.6 Å². The number of nitrogens with zero attached hydrogens (tertiary/aromatic N) is 3. The second-order valence-corrected chi connectivity index (χ2v) is 16.7. The fraction of sp³-hybridized carbons (Fsp3) is 0. The molecule has 0 radical (unpaired) electrons. The number of hydrogen-bond donors (Lipinski definition) is 0. The fourth-order valence-electron chi connectivity index (χ4n) is 9.51. The second kappa shape index (κ2) is 13.3. The number of benzene rings is 9. The van der Waals surface area contributed by atoms with E-state index in [2.05, 4.69) is 199 Å². The highest BCUT2D eigenvalue weighted by atomic mass is 32.1. The Morgan fingerprint density at radius 2 is 1.10 bits per heavy atom. The molecular formula is C56H33N3OS. The SMILES string of the molecule is c1ccc(-c2ccc3c(c2)c2c4ccccc4c(-c4ccccc4)cc2n3-c2cccc3c2oc2cccc(-c4nc(-c5ccccc5)c5sc6ccccc6c5n4)c23)cc1. The molecule has 0 aliphatic heterocycles. The lowest BCUT2D eigenvalue weighted by atomic mass is 9.94. The summed E-state index contributed by atoms with van der Waals surface area (Å²) in [7, 11) is 0. The van der Waals surface area contributed by atoms with Crippen LogP contribution < -0.4 is 0 Å². The average Bonchev–Trinajstić information content (AvgIpc) is 4.01. The van der Waals surface area contributed by atoms with Crippen LogP contribution in [0.1, 0.15) is 0 Å². The zero-order valence-corrected chi connectivity index (χ0v) is 33.5. The minimum atomic E-state index is 0.679. The standard InChI is InChI=1S/C56H33N3OS/c1-4-16-34(17-5-1)37-30-31-45-44(32-37)50-39-23-11-10-22-38(39)43(35-18-6-2-7-19-35)33-47(50)59(45)46-27-14-25-41-51-42(26-15-28-48(51)60-54(41)46)56-57-52(36-20-8-3-9-21-36)55-53(58-56)40-24-12-13-29-49(40)61-55/h1-33H. The van der Waals surface area contributed by atoms with E-state index >= 15 is 0 Å². The molecule has 0 amide bonds. The Labute approximate surface area is 354 Å². The molecule has 0 unspecified atom stereocenters. The predicted molar refractivity (Wildman–Crippen MR) is 256 cm³/mol. The zero-order chi connectivity index (χ0) is 40.0. The van der Waals surface area contributed by atoms with Crippen molar-refractivity contribution in [1.29, 1.82) is 0 Å². The van der Waals surface area contributed by atoms with Gasteiger partial charge in [0, 0.05) is 42.8 Å². The lowest BCUT2D eigenvalue weighted by Crippen LogP contribution is -1.95. The van der Waals surface area contributed by atoms with Crippen molar-refractivity contribution in [3.63, 3.8) is 0 Å². The lowest BCUT2D eigenvalue weighted by Gasteiger charge is -2.12. The van der Waals surface area contributed by atoms with E-state index in [-0.39, 0.29) is 0 Å². The van der Waals surface area contributed by atoms with Crippen LogP contribution in [0.25, 0.3) is 125 Å². The highest BCUT2D eigenvalue weighted by molar-refractivity contribution is 7.26. The van der Waals surface area contributed by atoms with Gasteiger partial charge in [0.15, 0.2) is 11.4 Å². The molecule has 0 saturated heterocycles. The molecule has 0 bridgehead atoms. The van der Waals surface area contributed by atoms with E-state index in [0.717, 1.165) is 71.1 Å². The first-order valence-corrected chi connectivity index (χ1v) is 21.4. The summed E-state index contributed by atoms with van der Waals surface area (Å²) in [5, 5.41) is 8.01. The van der Waals surface area contributed by atoms with Gasteiger partial charge in [0.1, 0.15) is 5.58 Å². The predicted octanol–water partition coefficient (Wildman–Crippen LogP) is 15.7. The summed E-state index contributed by atoms with van der Waals surface area (Å²) in [5.74, 6) is 0.679. The fourth-order valence-corrected chi connectivity index (χ4v) is 10.7. The van der Waals surface area contributed by atoms with Crippen LogP contribution in [0.2, 0.25) is 0 Å². The lowest BCUT2D eigenvalue weighted by molar-refractivity contribution is 0.666. The van der Waals surface area contributed by atoms with E-state index in [1.807, 2.05) is 6.07 Å². The van der Waals surface area contributed by atoms with Crippen molar-refractivity contribution in [2.75, 3.05) is 0 Å². The summed E-state index contributed by atoms with van der Waals surface area (Å²) in [6, 6.07) is 71.3. The third-order valence-corrected chi connectivity index (χ3v) is 13.4. The molecule has 13 rings (SSSR count). The van der Waals surface area contributed by atoms with Gasteiger partial charge in [-0.2, -0.15) is 0 Å². The molecule has 0 N–H and O–H groups in total. The molecule has 5 heteroatoms.